The number of benzene rings is 2. The highest BCUT2D eigenvalue weighted by molar-refractivity contribution is 7.92. The number of ether oxygens (including phenoxy) is 1. The van der Waals surface area contributed by atoms with Crippen molar-refractivity contribution in [3.63, 3.8) is 0 Å². The van der Waals surface area contributed by atoms with Crippen LogP contribution in [0.5, 0.6) is 5.75 Å². The molecule has 0 saturated carbocycles. The summed E-state index contributed by atoms with van der Waals surface area (Å²) in [6.07, 6.45) is 0.709. The molecule has 0 bridgehead atoms. The number of urea groups is 1. The Labute approximate surface area is 153 Å². The molecular formula is C18H21N3O4S. The van der Waals surface area contributed by atoms with Gasteiger partial charge in [0, 0.05) is 18.8 Å². The van der Waals surface area contributed by atoms with E-state index in [4.69, 9.17) is 4.74 Å². The van der Waals surface area contributed by atoms with E-state index in [-0.39, 0.29) is 12.3 Å². The largest absolute Gasteiger partial charge is 0.497 e. The summed E-state index contributed by atoms with van der Waals surface area (Å²) in [7, 11) is -1.91. The molecule has 8 heteroatoms. The average Bonchev–Trinajstić information content (AvgIpc) is 3.07. The average molecular weight is 375 g/mol. The number of rotatable bonds is 6. The van der Waals surface area contributed by atoms with Crippen LogP contribution in [0.3, 0.4) is 0 Å². The molecule has 1 aliphatic rings. The molecule has 0 atom stereocenters. The molecule has 2 N–H and O–H groups in total. The van der Waals surface area contributed by atoms with Crippen molar-refractivity contribution in [1.29, 1.82) is 0 Å². The van der Waals surface area contributed by atoms with Crippen molar-refractivity contribution in [2.45, 2.75) is 6.42 Å². The van der Waals surface area contributed by atoms with E-state index in [9.17, 15) is 13.2 Å². The van der Waals surface area contributed by atoms with E-state index in [1.165, 1.54) is 4.31 Å². The van der Waals surface area contributed by atoms with Gasteiger partial charge in [0.2, 0.25) is 10.0 Å². The van der Waals surface area contributed by atoms with E-state index < -0.39 is 16.1 Å². The van der Waals surface area contributed by atoms with Crippen LogP contribution in [0.25, 0.3) is 0 Å². The maximum absolute atomic E-state index is 12.5. The van der Waals surface area contributed by atoms with Crippen LogP contribution >= 0.6 is 0 Å². The highest BCUT2D eigenvalue weighted by Gasteiger charge is 2.28. The predicted molar refractivity (Wildman–Crippen MR) is 101 cm³/mol. The summed E-state index contributed by atoms with van der Waals surface area (Å²) in [5.74, 6) is 0.533. The Morgan fingerprint density at radius 2 is 1.88 bits per heavy atom. The SMILES string of the molecule is COc1ccc(NC(=O)NCCS(=O)(=O)N2CCc3ccccc32)cc1. The van der Waals surface area contributed by atoms with Crippen LogP contribution in [-0.2, 0) is 16.4 Å². The zero-order valence-electron chi connectivity index (χ0n) is 14.4. The standard InChI is InChI=1S/C18H21N3O4S/c1-25-16-8-6-15(7-9-16)20-18(22)19-11-13-26(23,24)21-12-10-14-4-2-3-5-17(14)21/h2-9H,10-13H2,1H3,(H2,19,20,22). The van der Waals surface area contributed by atoms with E-state index in [1.807, 2.05) is 24.3 Å². The zero-order chi connectivity index (χ0) is 18.6. The molecule has 0 fully saturated rings. The molecule has 0 aliphatic carbocycles. The first-order valence-electron chi connectivity index (χ1n) is 8.27. The molecule has 26 heavy (non-hydrogen) atoms. The molecule has 3 rings (SSSR count). The van der Waals surface area contributed by atoms with Crippen LogP contribution in [0.15, 0.2) is 48.5 Å². The van der Waals surface area contributed by atoms with Gasteiger partial charge in [-0.2, -0.15) is 0 Å². The van der Waals surface area contributed by atoms with Gasteiger partial charge in [-0.25, -0.2) is 13.2 Å². The number of para-hydroxylation sites is 1. The first-order chi connectivity index (χ1) is 12.5. The minimum atomic E-state index is -3.48. The van der Waals surface area contributed by atoms with Crippen LogP contribution in [0.4, 0.5) is 16.2 Å². The topological polar surface area (TPSA) is 87.7 Å². The van der Waals surface area contributed by atoms with Crippen LogP contribution < -0.4 is 19.7 Å². The van der Waals surface area contributed by atoms with Crippen molar-refractivity contribution in [2.75, 3.05) is 35.6 Å². The minimum Gasteiger partial charge on any atom is -0.497 e. The number of hydrogen-bond donors (Lipinski definition) is 2. The number of carbonyl (C=O) groups is 1. The highest BCUT2D eigenvalue weighted by atomic mass is 32.2. The van der Waals surface area contributed by atoms with Gasteiger partial charge in [-0.3, -0.25) is 4.31 Å². The Bertz CT molecular complexity index is 882. The Morgan fingerprint density at radius 1 is 1.15 bits per heavy atom. The molecule has 2 aromatic carbocycles. The predicted octanol–water partition coefficient (Wildman–Crippen LogP) is 2.21. The molecule has 0 aromatic heterocycles. The summed E-state index contributed by atoms with van der Waals surface area (Å²) in [4.78, 5) is 11.9. The Morgan fingerprint density at radius 3 is 2.62 bits per heavy atom. The second-order valence-corrected chi connectivity index (χ2v) is 7.89. The molecule has 0 unspecified atom stereocenters. The summed E-state index contributed by atoms with van der Waals surface area (Å²) in [6, 6.07) is 13.9. The van der Waals surface area contributed by atoms with Gasteiger partial charge in [-0.05, 0) is 42.3 Å². The third-order valence-corrected chi connectivity index (χ3v) is 5.94. The second kappa shape index (κ2) is 7.65. The quantitative estimate of drug-likeness (QED) is 0.810. The van der Waals surface area contributed by atoms with Crippen molar-refractivity contribution in [2.24, 2.45) is 0 Å². The monoisotopic (exact) mass is 375 g/mol. The number of nitrogens with one attached hydrogen (secondary N) is 2. The third-order valence-electron chi connectivity index (χ3n) is 4.17. The number of nitrogens with zero attached hydrogens (tertiary/aromatic N) is 1. The lowest BCUT2D eigenvalue weighted by atomic mass is 10.2. The third kappa shape index (κ3) is 4.08. The van der Waals surface area contributed by atoms with Gasteiger partial charge >= 0.3 is 6.03 Å². The Hall–Kier alpha value is -2.74. The summed E-state index contributed by atoms with van der Waals surface area (Å²) in [5, 5.41) is 5.23. The lowest BCUT2D eigenvalue weighted by Crippen LogP contribution is -2.38. The van der Waals surface area contributed by atoms with Gasteiger partial charge in [0.05, 0.1) is 18.6 Å². The molecule has 2 aromatic rings. The number of carbonyl (C=O) groups excluding carboxylic acids is 1. The maximum atomic E-state index is 12.5. The van der Waals surface area contributed by atoms with Crippen molar-refractivity contribution < 1.29 is 17.9 Å². The molecule has 1 aliphatic heterocycles. The number of amides is 2. The van der Waals surface area contributed by atoms with Crippen molar-refractivity contribution >= 4 is 27.4 Å². The maximum Gasteiger partial charge on any atom is 0.319 e. The summed E-state index contributed by atoms with van der Waals surface area (Å²) in [5.41, 5.74) is 2.36. The van der Waals surface area contributed by atoms with Gasteiger partial charge in [0.15, 0.2) is 0 Å². The van der Waals surface area contributed by atoms with Crippen LogP contribution in [0.1, 0.15) is 5.56 Å². The molecule has 0 spiro atoms. The van der Waals surface area contributed by atoms with Gasteiger partial charge in [0.1, 0.15) is 5.75 Å². The molecule has 1 heterocycles. The van der Waals surface area contributed by atoms with E-state index in [2.05, 4.69) is 10.6 Å². The lowest BCUT2D eigenvalue weighted by molar-refractivity contribution is 0.252. The molecule has 2 amide bonds. The molecule has 138 valence electrons. The zero-order valence-corrected chi connectivity index (χ0v) is 15.3. The van der Waals surface area contributed by atoms with Gasteiger partial charge in [0.25, 0.3) is 0 Å². The van der Waals surface area contributed by atoms with Crippen molar-refractivity contribution in [3.05, 3.63) is 54.1 Å². The fraction of sp³-hybridized carbons (Fsp3) is 0.278. The molecule has 7 nitrogen and oxygen atoms in total. The fourth-order valence-electron chi connectivity index (χ4n) is 2.85. The first kappa shape index (κ1) is 18.1. The Kier molecular flexibility index (Phi) is 5.32. The number of hydrogen-bond acceptors (Lipinski definition) is 4. The van der Waals surface area contributed by atoms with Gasteiger partial charge in [-0.1, -0.05) is 18.2 Å². The van der Waals surface area contributed by atoms with Gasteiger partial charge in [-0.15, -0.1) is 0 Å². The van der Waals surface area contributed by atoms with Crippen molar-refractivity contribution in [1.82, 2.24) is 5.32 Å². The first-order valence-corrected chi connectivity index (χ1v) is 9.88. The van der Waals surface area contributed by atoms with E-state index in [0.29, 0.717) is 24.4 Å². The van der Waals surface area contributed by atoms with Crippen LogP contribution in [0, 0.1) is 0 Å². The van der Waals surface area contributed by atoms with Crippen molar-refractivity contribution in [3.8, 4) is 5.75 Å². The van der Waals surface area contributed by atoms with Crippen LogP contribution in [-0.4, -0.2) is 40.4 Å². The number of anilines is 2. The van der Waals surface area contributed by atoms with Crippen LogP contribution in [0.2, 0.25) is 0 Å². The second-order valence-electron chi connectivity index (χ2n) is 5.88. The van der Waals surface area contributed by atoms with E-state index >= 15 is 0 Å². The summed E-state index contributed by atoms with van der Waals surface area (Å²) >= 11 is 0. The number of methoxy groups -OCH3 is 1. The molecular weight excluding hydrogens is 354 g/mol. The number of fused-ring (bicyclic) bond motifs is 1. The minimum absolute atomic E-state index is 0.0307. The Balaban J connectivity index is 1.51. The van der Waals surface area contributed by atoms with Gasteiger partial charge < -0.3 is 15.4 Å². The van der Waals surface area contributed by atoms with E-state index in [0.717, 1.165) is 11.3 Å². The molecule has 0 radical (unpaired) electrons. The normalized spacial score (nSPS) is 13.2. The smallest absolute Gasteiger partial charge is 0.319 e. The number of sulfonamides is 1. The summed E-state index contributed by atoms with van der Waals surface area (Å²) < 4.78 is 31.6. The highest BCUT2D eigenvalue weighted by Crippen LogP contribution is 2.29. The summed E-state index contributed by atoms with van der Waals surface area (Å²) in [6.45, 7) is 0.475. The lowest BCUT2D eigenvalue weighted by Gasteiger charge is -2.19. The fourth-order valence-corrected chi connectivity index (χ4v) is 4.28. The van der Waals surface area contributed by atoms with E-state index in [1.54, 1.807) is 31.4 Å². The molecule has 0 saturated heterocycles.